The molecule has 0 radical (unpaired) electrons. The summed E-state index contributed by atoms with van der Waals surface area (Å²) < 4.78 is 5.29. The van der Waals surface area contributed by atoms with E-state index in [0.29, 0.717) is 6.54 Å². The number of β-amino-alcohol motifs (C(OH)–C–C–N with tert-alkyl or cyclic N) is 2. The molecule has 226 valence electrons. The second-order valence-corrected chi connectivity index (χ2v) is 11.7. The first-order valence-electron chi connectivity index (χ1n) is 15.3. The summed E-state index contributed by atoms with van der Waals surface area (Å²) in [4.78, 5) is 4.62. The standard InChI is InChI=1S/C19H23NO2.C18H21NO2/c1-22-17-9-5-8-16(12-17)18-10-11-20(14-19(18)21)13-15-6-3-2-4-7-15;20-16-8-4-7-15(11-16)17-9-10-19(13-18(17)21)12-14-5-2-1-3-6-14/h2-9,12,18-19,21H,10-11,13-14H2,1H3;1-8,11,17-18,20-21H,9-10,12-13H2. The molecular weight excluding hydrogens is 536 g/mol. The van der Waals surface area contributed by atoms with E-state index < -0.39 is 0 Å². The van der Waals surface area contributed by atoms with Crippen LogP contribution in [0.15, 0.2) is 109 Å². The maximum atomic E-state index is 10.6. The third-order valence-electron chi connectivity index (χ3n) is 8.65. The van der Waals surface area contributed by atoms with Crippen LogP contribution in [0.4, 0.5) is 0 Å². The summed E-state index contributed by atoms with van der Waals surface area (Å²) in [5.74, 6) is 1.44. The summed E-state index contributed by atoms with van der Waals surface area (Å²) in [5, 5.41) is 30.6. The van der Waals surface area contributed by atoms with Crippen LogP contribution in [-0.4, -0.2) is 70.6 Å². The first-order chi connectivity index (χ1) is 21.0. The Kier molecular flexibility index (Phi) is 10.9. The van der Waals surface area contributed by atoms with Crippen LogP contribution in [-0.2, 0) is 13.1 Å². The molecule has 2 aliphatic rings. The summed E-state index contributed by atoms with van der Waals surface area (Å²) in [6, 6.07) is 36.1. The zero-order chi connectivity index (χ0) is 30.0. The van der Waals surface area contributed by atoms with E-state index in [9.17, 15) is 15.3 Å². The lowest BCUT2D eigenvalue weighted by atomic mass is 9.87. The van der Waals surface area contributed by atoms with E-state index in [-0.39, 0.29) is 29.8 Å². The average Bonchev–Trinajstić information content (AvgIpc) is 3.03. The lowest BCUT2D eigenvalue weighted by Crippen LogP contribution is -2.42. The Morgan fingerprint density at radius 2 is 1.12 bits per heavy atom. The Hall–Kier alpha value is -3.68. The van der Waals surface area contributed by atoms with Crippen molar-refractivity contribution in [2.45, 2.75) is 50.0 Å². The van der Waals surface area contributed by atoms with E-state index in [1.165, 1.54) is 16.7 Å². The molecule has 6 nitrogen and oxygen atoms in total. The van der Waals surface area contributed by atoms with Crippen molar-refractivity contribution in [1.29, 1.82) is 0 Å². The third-order valence-corrected chi connectivity index (χ3v) is 8.65. The fraction of sp³-hybridized carbons (Fsp3) is 0.351. The normalized spacial score (nSPS) is 22.8. The summed E-state index contributed by atoms with van der Waals surface area (Å²) in [6.45, 7) is 5.15. The van der Waals surface area contributed by atoms with Gasteiger partial charge in [-0.05, 0) is 72.5 Å². The number of aliphatic hydroxyl groups is 2. The van der Waals surface area contributed by atoms with E-state index in [1.54, 1.807) is 19.2 Å². The molecule has 2 saturated heterocycles. The van der Waals surface area contributed by atoms with Crippen LogP contribution in [0.5, 0.6) is 11.5 Å². The molecular formula is C37H44N2O4. The molecule has 6 heteroatoms. The third kappa shape index (κ3) is 8.68. The predicted octanol–water partition coefficient (Wildman–Crippen LogP) is 5.79. The van der Waals surface area contributed by atoms with Crippen LogP contribution in [0.3, 0.4) is 0 Å². The first kappa shape index (κ1) is 30.8. The van der Waals surface area contributed by atoms with Crippen molar-refractivity contribution in [3.05, 3.63) is 131 Å². The van der Waals surface area contributed by atoms with E-state index in [4.69, 9.17) is 4.74 Å². The quantitative estimate of drug-likeness (QED) is 0.257. The van der Waals surface area contributed by atoms with Gasteiger partial charge < -0.3 is 20.1 Å². The van der Waals surface area contributed by atoms with Crippen molar-refractivity contribution in [1.82, 2.24) is 9.80 Å². The van der Waals surface area contributed by atoms with Crippen LogP contribution in [0.2, 0.25) is 0 Å². The number of likely N-dealkylation sites (tertiary alicyclic amines) is 2. The number of nitrogens with zero attached hydrogens (tertiary/aromatic N) is 2. The van der Waals surface area contributed by atoms with Gasteiger partial charge >= 0.3 is 0 Å². The van der Waals surface area contributed by atoms with Crippen LogP contribution < -0.4 is 4.74 Å². The second-order valence-electron chi connectivity index (χ2n) is 11.7. The summed E-state index contributed by atoms with van der Waals surface area (Å²) in [7, 11) is 1.68. The zero-order valence-electron chi connectivity index (χ0n) is 25.0. The van der Waals surface area contributed by atoms with Gasteiger partial charge in [0.1, 0.15) is 11.5 Å². The molecule has 3 N–H and O–H groups in total. The van der Waals surface area contributed by atoms with Gasteiger partial charge in [-0.1, -0.05) is 84.9 Å². The lowest BCUT2D eigenvalue weighted by molar-refractivity contribution is 0.0474. The fourth-order valence-corrected chi connectivity index (χ4v) is 6.37. The number of hydrogen-bond donors (Lipinski definition) is 3. The Labute approximate surface area is 255 Å². The summed E-state index contributed by atoms with van der Waals surface area (Å²) in [6.07, 6.45) is 1.17. The van der Waals surface area contributed by atoms with Crippen molar-refractivity contribution in [3.63, 3.8) is 0 Å². The van der Waals surface area contributed by atoms with Crippen molar-refractivity contribution >= 4 is 0 Å². The largest absolute Gasteiger partial charge is 0.508 e. The topological polar surface area (TPSA) is 76.4 Å². The number of phenols is 1. The minimum atomic E-state index is -0.385. The number of aromatic hydroxyl groups is 1. The highest BCUT2D eigenvalue weighted by Gasteiger charge is 2.30. The SMILES string of the molecule is COc1cccc(C2CCN(Cc3ccccc3)CC2O)c1.Oc1cccc(C2CCN(Cc3ccccc3)CC2O)c1. The van der Waals surface area contributed by atoms with Crippen LogP contribution >= 0.6 is 0 Å². The molecule has 2 heterocycles. The predicted molar refractivity (Wildman–Crippen MR) is 171 cm³/mol. The number of hydrogen-bond acceptors (Lipinski definition) is 6. The van der Waals surface area contributed by atoms with Gasteiger partial charge in [-0.25, -0.2) is 0 Å². The highest BCUT2D eigenvalue weighted by molar-refractivity contribution is 5.32. The molecule has 2 aliphatic heterocycles. The molecule has 4 atom stereocenters. The van der Waals surface area contributed by atoms with Gasteiger partial charge in [-0.3, -0.25) is 9.80 Å². The minimum Gasteiger partial charge on any atom is -0.508 e. The smallest absolute Gasteiger partial charge is 0.119 e. The number of phenolic OH excluding ortho intramolecular Hbond substituents is 1. The number of methoxy groups -OCH3 is 1. The molecule has 6 rings (SSSR count). The molecule has 4 aromatic rings. The van der Waals surface area contributed by atoms with Gasteiger partial charge in [0.15, 0.2) is 0 Å². The van der Waals surface area contributed by atoms with Crippen LogP contribution in [0.25, 0.3) is 0 Å². The number of rotatable bonds is 7. The molecule has 0 aromatic heterocycles. The van der Waals surface area contributed by atoms with E-state index in [0.717, 1.165) is 56.9 Å². The molecule has 4 aromatic carbocycles. The van der Waals surface area contributed by atoms with Gasteiger partial charge in [0.2, 0.25) is 0 Å². The van der Waals surface area contributed by atoms with Gasteiger partial charge in [0.05, 0.1) is 19.3 Å². The molecule has 0 spiro atoms. The highest BCUT2D eigenvalue weighted by Crippen LogP contribution is 2.32. The summed E-state index contributed by atoms with van der Waals surface area (Å²) >= 11 is 0. The molecule has 0 saturated carbocycles. The summed E-state index contributed by atoms with van der Waals surface area (Å²) in [5.41, 5.74) is 4.78. The highest BCUT2D eigenvalue weighted by atomic mass is 16.5. The molecule has 0 bridgehead atoms. The second kappa shape index (κ2) is 15.2. The van der Waals surface area contributed by atoms with E-state index in [1.807, 2.05) is 54.6 Å². The number of ether oxygens (including phenoxy) is 1. The fourth-order valence-electron chi connectivity index (χ4n) is 6.37. The van der Waals surface area contributed by atoms with Gasteiger partial charge in [0, 0.05) is 38.0 Å². The van der Waals surface area contributed by atoms with Crippen molar-refractivity contribution in [2.24, 2.45) is 0 Å². The average molecular weight is 581 g/mol. The van der Waals surface area contributed by atoms with Gasteiger partial charge in [0.25, 0.3) is 0 Å². The van der Waals surface area contributed by atoms with Gasteiger partial charge in [-0.15, -0.1) is 0 Å². The maximum absolute atomic E-state index is 10.6. The Balaban J connectivity index is 0.000000171. The van der Waals surface area contributed by atoms with Gasteiger partial charge in [-0.2, -0.15) is 0 Å². The maximum Gasteiger partial charge on any atom is 0.119 e. The van der Waals surface area contributed by atoms with E-state index >= 15 is 0 Å². The van der Waals surface area contributed by atoms with Crippen molar-refractivity contribution < 1.29 is 20.1 Å². The number of aliphatic hydroxyl groups excluding tert-OH is 2. The Morgan fingerprint density at radius 1 is 0.628 bits per heavy atom. The lowest BCUT2D eigenvalue weighted by Gasteiger charge is -2.36. The zero-order valence-corrected chi connectivity index (χ0v) is 25.0. The molecule has 0 amide bonds. The van der Waals surface area contributed by atoms with E-state index in [2.05, 4.69) is 52.3 Å². The van der Waals surface area contributed by atoms with Crippen LogP contribution in [0, 0.1) is 0 Å². The molecule has 2 fully saturated rings. The van der Waals surface area contributed by atoms with Crippen LogP contribution in [0.1, 0.15) is 46.9 Å². The number of benzene rings is 4. The monoisotopic (exact) mass is 580 g/mol. The Bertz CT molecular complexity index is 1400. The Morgan fingerprint density at radius 3 is 1.58 bits per heavy atom. The molecule has 0 aliphatic carbocycles. The van der Waals surface area contributed by atoms with Crippen molar-refractivity contribution in [2.75, 3.05) is 33.3 Å². The molecule has 43 heavy (non-hydrogen) atoms. The minimum absolute atomic E-state index is 0.115. The first-order valence-corrected chi connectivity index (χ1v) is 15.3. The van der Waals surface area contributed by atoms with Crippen molar-refractivity contribution in [3.8, 4) is 11.5 Å². The number of piperidine rings is 2. The molecule has 4 unspecified atom stereocenters.